The number of likely N-dealkylation sites (N-methyl/N-ethyl adjacent to an activating group) is 1. The van der Waals surface area contributed by atoms with Crippen molar-refractivity contribution in [1.29, 1.82) is 0 Å². The number of fused-ring (bicyclic) bond motifs is 4. The molecule has 0 saturated carbocycles. The molecule has 4 aromatic rings. The minimum Gasteiger partial charge on any atom is -0.301 e. The van der Waals surface area contributed by atoms with Gasteiger partial charge in [0.2, 0.25) is 0 Å². The predicted molar refractivity (Wildman–Crippen MR) is 163 cm³/mol. The van der Waals surface area contributed by atoms with Gasteiger partial charge < -0.3 is 4.90 Å². The minimum atomic E-state index is -0.662. The van der Waals surface area contributed by atoms with Crippen LogP contribution in [0.4, 0.5) is 26.9 Å². The van der Waals surface area contributed by atoms with E-state index in [4.69, 9.17) is 0 Å². The molecule has 4 amide bonds. The molecule has 0 aliphatic carbocycles. The number of thiophene rings is 1. The van der Waals surface area contributed by atoms with Gasteiger partial charge in [0.05, 0.1) is 17.1 Å². The lowest BCUT2D eigenvalue weighted by Gasteiger charge is -2.48. The van der Waals surface area contributed by atoms with Crippen molar-refractivity contribution in [2.24, 2.45) is 0 Å². The molecule has 1 fully saturated rings. The SMILES string of the molecule is CN1C(=O)/C(=C\c2cc3c(s2)N2c4ccccc4C(C)(C)c4cccc(c42)C3(C)C)C(=O)N(c2ccccc2)C1=O. The van der Waals surface area contributed by atoms with Crippen LogP contribution in [0, 0.1) is 0 Å². The Hall–Kier alpha value is -4.49. The van der Waals surface area contributed by atoms with E-state index in [1.807, 2.05) is 6.07 Å². The second-order valence-electron chi connectivity index (χ2n) is 11.9. The van der Waals surface area contributed by atoms with E-state index in [9.17, 15) is 14.4 Å². The molecule has 3 aliphatic rings. The molecule has 204 valence electrons. The van der Waals surface area contributed by atoms with E-state index in [-0.39, 0.29) is 16.4 Å². The Kier molecular flexibility index (Phi) is 5.29. The maximum Gasteiger partial charge on any atom is 0.338 e. The number of para-hydroxylation sites is 3. The summed E-state index contributed by atoms with van der Waals surface area (Å²) in [6.45, 7) is 9.02. The maximum atomic E-state index is 13.6. The highest BCUT2D eigenvalue weighted by molar-refractivity contribution is 7.17. The molecule has 3 aromatic carbocycles. The highest BCUT2D eigenvalue weighted by atomic mass is 32.1. The van der Waals surface area contributed by atoms with Gasteiger partial charge in [-0.25, -0.2) is 9.69 Å². The highest BCUT2D eigenvalue weighted by Crippen LogP contribution is 2.61. The lowest BCUT2D eigenvalue weighted by molar-refractivity contribution is -0.128. The summed E-state index contributed by atoms with van der Waals surface area (Å²) >= 11 is 1.56. The molecule has 1 saturated heterocycles. The average molecular weight is 560 g/mol. The molecule has 0 unspecified atom stereocenters. The zero-order valence-corrected chi connectivity index (χ0v) is 24.4. The number of anilines is 4. The van der Waals surface area contributed by atoms with Gasteiger partial charge in [0.25, 0.3) is 11.8 Å². The first-order valence-electron chi connectivity index (χ1n) is 13.6. The number of carbonyl (C=O) groups excluding carboxylic acids is 3. The third kappa shape index (κ3) is 3.39. The average Bonchev–Trinajstić information content (AvgIpc) is 3.39. The summed E-state index contributed by atoms with van der Waals surface area (Å²) in [6.07, 6.45) is 1.65. The third-order valence-electron chi connectivity index (χ3n) is 8.78. The van der Waals surface area contributed by atoms with E-state index < -0.39 is 17.8 Å². The molecular formula is C34H29N3O3S. The normalized spacial score (nSPS) is 19.3. The first kappa shape index (κ1) is 25.5. The molecule has 1 aromatic heterocycles. The number of amides is 4. The van der Waals surface area contributed by atoms with Gasteiger partial charge in [-0.05, 0) is 52.6 Å². The van der Waals surface area contributed by atoms with E-state index in [0.717, 1.165) is 30.9 Å². The van der Waals surface area contributed by atoms with Crippen molar-refractivity contribution in [3.8, 4) is 0 Å². The zero-order valence-electron chi connectivity index (χ0n) is 23.6. The Morgan fingerprint density at radius 3 is 2.00 bits per heavy atom. The molecule has 41 heavy (non-hydrogen) atoms. The van der Waals surface area contributed by atoms with Crippen molar-refractivity contribution in [3.63, 3.8) is 0 Å². The Labute approximate surface area is 243 Å². The van der Waals surface area contributed by atoms with Crippen molar-refractivity contribution >= 4 is 57.3 Å². The first-order chi connectivity index (χ1) is 19.5. The number of rotatable bonds is 2. The second-order valence-corrected chi connectivity index (χ2v) is 12.9. The van der Waals surface area contributed by atoms with Gasteiger partial charge in [-0.15, -0.1) is 11.3 Å². The van der Waals surface area contributed by atoms with Crippen LogP contribution in [0.1, 0.15) is 54.8 Å². The van der Waals surface area contributed by atoms with Crippen LogP contribution >= 0.6 is 11.3 Å². The molecule has 0 atom stereocenters. The summed E-state index contributed by atoms with van der Waals surface area (Å²) < 4.78 is 0. The summed E-state index contributed by atoms with van der Waals surface area (Å²) in [4.78, 5) is 45.1. The summed E-state index contributed by atoms with van der Waals surface area (Å²) in [5.74, 6) is -1.22. The van der Waals surface area contributed by atoms with Crippen LogP contribution in [0.5, 0.6) is 0 Å². The third-order valence-corrected chi connectivity index (χ3v) is 9.85. The second kappa shape index (κ2) is 8.51. The maximum absolute atomic E-state index is 13.6. The molecule has 3 aliphatic heterocycles. The Morgan fingerprint density at radius 1 is 0.683 bits per heavy atom. The van der Waals surface area contributed by atoms with Crippen molar-refractivity contribution in [1.82, 2.24) is 4.90 Å². The van der Waals surface area contributed by atoms with Crippen molar-refractivity contribution in [2.75, 3.05) is 16.8 Å². The van der Waals surface area contributed by atoms with Crippen LogP contribution in [0.15, 0.2) is 84.4 Å². The Bertz CT molecular complexity index is 1830. The summed E-state index contributed by atoms with van der Waals surface area (Å²) in [5, 5.41) is 1.07. The number of urea groups is 1. The number of imide groups is 2. The number of hydrogen-bond donors (Lipinski definition) is 0. The molecular weight excluding hydrogens is 530 g/mol. The van der Waals surface area contributed by atoms with E-state index in [0.29, 0.717) is 5.69 Å². The van der Waals surface area contributed by atoms with Gasteiger partial charge in [-0.3, -0.25) is 14.5 Å². The molecule has 6 nitrogen and oxygen atoms in total. The van der Waals surface area contributed by atoms with Crippen molar-refractivity contribution in [2.45, 2.75) is 38.5 Å². The molecule has 4 heterocycles. The van der Waals surface area contributed by atoms with Gasteiger partial charge in [0.15, 0.2) is 0 Å². The lowest BCUT2D eigenvalue weighted by atomic mass is 9.67. The van der Waals surface area contributed by atoms with Gasteiger partial charge in [-0.1, -0.05) is 82.3 Å². The van der Waals surface area contributed by atoms with E-state index >= 15 is 0 Å². The topological polar surface area (TPSA) is 60.9 Å². The highest BCUT2D eigenvalue weighted by Gasteiger charge is 2.46. The van der Waals surface area contributed by atoms with E-state index in [1.165, 1.54) is 29.4 Å². The fourth-order valence-electron chi connectivity index (χ4n) is 6.48. The zero-order chi connectivity index (χ0) is 28.8. The quantitative estimate of drug-likeness (QED) is 0.188. The van der Waals surface area contributed by atoms with Crippen LogP contribution < -0.4 is 9.80 Å². The number of benzene rings is 3. The van der Waals surface area contributed by atoms with Gasteiger partial charge in [0, 0.05) is 22.8 Å². The minimum absolute atomic E-state index is 0.0364. The Morgan fingerprint density at radius 2 is 1.29 bits per heavy atom. The van der Waals surface area contributed by atoms with Gasteiger partial charge in [-0.2, -0.15) is 0 Å². The monoisotopic (exact) mass is 559 g/mol. The molecule has 0 radical (unpaired) electrons. The first-order valence-corrected chi connectivity index (χ1v) is 14.5. The lowest BCUT2D eigenvalue weighted by Crippen LogP contribution is -2.55. The Balaban J connectivity index is 1.41. The van der Waals surface area contributed by atoms with Gasteiger partial charge in [0.1, 0.15) is 10.6 Å². The molecule has 0 bridgehead atoms. The fraction of sp³-hybridized carbons (Fsp3) is 0.206. The van der Waals surface area contributed by atoms with Crippen LogP contribution in [-0.2, 0) is 20.4 Å². The van der Waals surface area contributed by atoms with Crippen molar-refractivity contribution < 1.29 is 14.4 Å². The number of carbonyl (C=O) groups is 3. The summed E-state index contributed by atoms with van der Waals surface area (Å²) in [5.41, 5.74) is 7.16. The van der Waals surface area contributed by atoms with Crippen LogP contribution in [0.2, 0.25) is 0 Å². The van der Waals surface area contributed by atoms with E-state index in [2.05, 4.69) is 81.1 Å². The number of barbiturate groups is 1. The standard InChI is InChI=1S/C34H29N3O3S/c1-33(2)23-14-9-10-17-27(23)37-28-24(33)15-11-16-25(28)34(3,4)26-19-21(41-31(26)37)18-22-29(38)35(5)32(40)36(30(22)39)20-12-7-6-8-13-20/h6-19H,1-5H3/b22-18+. The van der Waals surface area contributed by atoms with Crippen molar-refractivity contribution in [3.05, 3.63) is 112 Å². The smallest absolute Gasteiger partial charge is 0.301 e. The van der Waals surface area contributed by atoms with Crippen LogP contribution in [0.3, 0.4) is 0 Å². The number of hydrogen-bond acceptors (Lipinski definition) is 5. The molecule has 7 heteroatoms. The largest absolute Gasteiger partial charge is 0.338 e. The molecule has 0 N–H and O–H groups in total. The van der Waals surface area contributed by atoms with Gasteiger partial charge >= 0.3 is 6.03 Å². The number of nitrogens with zero attached hydrogens (tertiary/aromatic N) is 3. The summed E-state index contributed by atoms with van der Waals surface area (Å²) in [7, 11) is 1.41. The predicted octanol–water partition coefficient (Wildman–Crippen LogP) is 7.51. The molecule has 7 rings (SSSR count). The fourth-order valence-corrected chi connectivity index (χ4v) is 7.77. The summed E-state index contributed by atoms with van der Waals surface area (Å²) in [6, 6.07) is 25.3. The van der Waals surface area contributed by atoms with Crippen LogP contribution in [-0.4, -0.2) is 29.8 Å². The van der Waals surface area contributed by atoms with E-state index in [1.54, 1.807) is 41.7 Å². The van der Waals surface area contributed by atoms with Crippen LogP contribution in [0.25, 0.3) is 6.08 Å². The molecule has 0 spiro atoms.